The lowest BCUT2D eigenvalue weighted by molar-refractivity contribution is 0.509. The van der Waals surface area contributed by atoms with Crippen molar-refractivity contribution in [2.45, 2.75) is 6.54 Å². The molecule has 0 saturated heterocycles. The molecule has 3 aromatic rings. The minimum Gasteiger partial charge on any atom is -0.467 e. The fraction of sp³-hybridized carbons (Fsp3) is 0.0714. The van der Waals surface area contributed by atoms with Gasteiger partial charge in [0.25, 0.3) is 0 Å². The van der Waals surface area contributed by atoms with Gasteiger partial charge in [0.05, 0.1) is 12.0 Å². The molecular weight excluding hydrogens is 258 g/mol. The fourth-order valence-corrected chi connectivity index (χ4v) is 2.28. The molecule has 0 saturated carbocycles. The Morgan fingerprint density at radius 1 is 1.11 bits per heavy atom. The van der Waals surface area contributed by atoms with Gasteiger partial charge in [-0.1, -0.05) is 30.3 Å². The minimum atomic E-state index is 0.438. The van der Waals surface area contributed by atoms with E-state index in [4.69, 9.17) is 4.42 Å². The van der Waals surface area contributed by atoms with Crippen molar-refractivity contribution in [2.75, 3.05) is 0 Å². The Hall–Kier alpha value is -2.27. The van der Waals surface area contributed by atoms with E-state index in [0.29, 0.717) is 11.7 Å². The fourth-order valence-electron chi connectivity index (χ4n) is 1.62. The number of aromatic nitrogens is 1. The quantitative estimate of drug-likeness (QED) is 0.645. The van der Waals surface area contributed by atoms with Crippen molar-refractivity contribution in [3.05, 3.63) is 59.9 Å². The van der Waals surface area contributed by atoms with Crippen LogP contribution < -0.4 is 0 Å². The molecule has 0 aliphatic heterocycles. The molecule has 2 heterocycles. The van der Waals surface area contributed by atoms with Crippen LogP contribution in [0.1, 0.15) is 5.76 Å². The Bertz CT molecular complexity index is 659. The molecule has 3 rings (SSSR count). The largest absolute Gasteiger partial charge is 0.467 e. The van der Waals surface area contributed by atoms with Gasteiger partial charge in [-0.15, -0.1) is 16.5 Å². The Morgan fingerprint density at radius 2 is 2.00 bits per heavy atom. The van der Waals surface area contributed by atoms with Gasteiger partial charge in [-0.2, -0.15) is 5.11 Å². The SMILES string of the molecule is c1ccc(-c2csc(N=NCc3ccco3)n2)cc1. The molecular formula is C14H11N3OS. The third-order valence-corrected chi connectivity index (χ3v) is 3.25. The molecule has 0 fully saturated rings. The summed E-state index contributed by atoms with van der Waals surface area (Å²) < 4.78 is 5.18. The second-order valence-corrected chi connectivity index (χ2v) is 4.70. The lowest BCUT2D eigenvalue weighted by Crippen LogP contribution is -1.75. The van der Waals surface area contributed by atoms with Crippen LogP contribution in [0, 0.1) is 0 Å². The predicted molar refractivity (Wildman–Crippen MR) is 74.5 cm³/mol. The zero-order valence-corrected chi connectivity index (χ0v) is 10.9. The third kappa shape index (κ3) is 2.95. The summed E-state index contributed by atoms with van der Waals surface area (Å²) in [5, 5.41) is 10.8. The zero-order valence-electron chi connectivity index (χ0n) is 10.1. The molecule has 0 amide bonds. The molecule has 4 nitrogen and oxygen atoms in total. The van der Waals surface area contributed by atoms with Gasteiger partial charge < -0.3 is 4.42 Å². The molecule has 0 radical (unpaired) electrons. The van der Waals surface area contributed by atoms with Gasteiger partial charge in [-0.05, 0) is 12.1 Å². The van der Waals surface area contributed by atoms with Crippen LogP contribution in [0.25, 0.3) is 11.3 Å². The molecule has 5 heteroatoms. The predicted octanol–water partition coefficient (Wildman–Crippen LogP) is 4.69. The van der Waals surface area contributed by atoms with E-state index in [2.05, 4.69) is 15.2 Å². The van der Waals surface area contributed by atoms with E-state index < -0.39 is 0 Å². The van der Waals surface area contributed by atoms with Crippen LogP contribution >= 0.6 is 11.3 Å². The van der Waals surface area contributed by atoms with E-state index in [1.165, 1.54) is 11.3 Å². The average Bonchev–Trinajstić information content (AvgIpc) is 3.11. The smallest absolute Gasteiger partial charge is 0.230 e. The summed E-state index contributed by atoms with van der Waals surface area (Å²) in [7, 11) is 0. The van der Waals surface area contributed by atoms with Gasteiger partial charge in [0, 0.05) is 10.9 Å². The molecule has 2 aromatic heterocycles. The average molecular weight is 269 g/mol. The summed E-state index contributed by atoms with van der Waals surface area (Å²) in [6.07, 6.45) is 1.63. The van der Waals surface area contributed by atoms with Gasteiger partial charge >= 0.3 is 0 Å². The summed E-state index contributed by atoms with van der Waals surface area (Å²) in [5.41, 5.74) is 2.02. The van der Waals surface area contributed by atoms with Gasteiger partial charge in [0.1, 0.15) is 12.3 Å². The van der Waals surface area contributed by atoms with Crippen molar-refractivity contribution in [1.82, 2.24) is 4.98 Å². The normalized spacial score (nSPS) is 11.2. The maximum Gasteiger partial charge on any atom is 0.230 e. The second-order valence-electron chi connectivity index (χ2n) is 3.86. The molecule has 0 aliphatic rings. The maximum atomic E-state index is 5.18. The second kappa shape index (κ2) is 5.58. The first kappa shape index (κ1) is 11.8. The van der Waals surface area contributed by atoms with E-state index in [0.717, 1.165) is 17.0 Å². The van der Waals surface area contributed by atoms with Crippen LogP contribution in [0.15, 0.2) is 68.8 Å². The van der Waals surface area contributed by atoms with Crippen molar-refractivity contribution in [2.24, 2.45) is 10.2 Å². The highest BCUT2D eigenvalue weighted by Gasteiger charge is 2.02. The summed E-state index contributed by atoms with van der Waals surface area (Å²) in [4.78, 5) is 4.43. The van der Waals surface area contributed by atoms with Crippen LogP contribution in [0.2, 0.25) is 0 Å². The van der Waals surface area contributed by atoms with Crippen molar-refractivity contribution in [3.8, 4) is 11.3 Å². The Kier molecular flexibility index (Phi) is 3.47. The van der Waals surface area contributed by atoms with Crippen LogP contribution in [0.5, 0.6) is 0 Å². The molecule has 0 atom stereocenters. The lowest BCUT2D eigenvalue weighted by atomic mass is 10.2. The number of hydrogen-bond acceptors (Lipinski definition) is 5. The summed E-state index contributed by atoms with van der Waals surface area (Å²) in [6, 6.07) is 13.7. The molecule has 0 bridgehead atoms. The molecule has 0 aliphatic carbocycles. The van der Waals surface area contributed by atoms with Crippen molar-refractivity contribution < 1.29 is 4.42 Å². The van der Waals surface area contributed by atoms with Gasteiger partial charge in [0.2, 0.25) is 5.13 Å². The van der Waals surface area contributed by atoms with Gasteiger partial charge in [-0.3, -0.25) is 0 Å². The number of hydrogen-bond donors (Lipinski definition) is 0. The molecule has 1 aromatic carbocycles. The first-order chi connectivity index (χ1) is 9.42. The van der Waals surface area contributed by atoms with Crippen LogP contribution in [-0.4, -0.2) is 4.98 Å². The van der Waals surface area contributed by atoms with Crippen molar-refractivity contribution in [1.29, 1.82) is 0 Å². The molecule has 19 heavy (non-hydrogen) atoms. The van der Waals surface area contributed by atoms with E-state index in [1.54, 1.807) is 6.26 Å². The number of azo groups is 1. The van der Waals surface area contributed by atoms with Crippen LogP contribution in [-0.2, 0) is 6.54 Å². The highest BCUT2D eigenvalue weighted by atomic mass is 32.1. The molecule has 0 N–H and O–H groups in total. The number of benzene rings is 1. The number of rotatable bonds is 4. The highest BCUT2D eigenvalue weighted by Crippen LogP contribution is 2.26. The number of furan rings is 1. The van der Waals surface area contributed by atoms with E-state index in [9.17, 15) is 0 Å². The number of nitrogens with zero attached hydrogens (tertiary/aromatic N) is 3. The Morgan fingerprint density at radius 3 is 2.79 bits per heavy atom. The van der Waals surface area contributed by atoms with Crippen LogP contribution in [0.4, 0.5) is 5.13 Å². The zero-order chi connectivity index (χ0) is 12.9. The summed E-state index contributed by atoms with van der Waals surface area (Å²) in [6.45, 7) is 0.438. The number of thiazole rings is 1. The topological polar surface area (TPSA) is 50.8 Å². The maximum absolute atomic E-state index is 5.18. The van der Waals surface area contributed by atoms with Crippen molar-refractivity contribution >= 4 is 16.5 Å². The van der Waals surface area contributed by atoms with Gasteiger partial charge in [-0.25, -0.2) is 4.98 Å². The molecule has 0 spiro atoms. The van der Waals surface area contributed by atoms with Crippen molar-refractivity contribution in [3.63, 3.8) is 0 Å². The first-order valence-electron chi connectivity index (χ1n) is 5.82. The Balaban J connectivity index is 1.70. The van der Waals surface area contributed by atoms with E-state index in [1.807, 2.05) is 47.8 Å². The molecule has 94 valence electrons. The lowest BCUT2D eigenvalue weighted by Gasteiger charge is -1.92. The van der Waals surface area contributed by atoms with E-state index >= 15 is 0 Å². The minimum absolute atomic E-state index is 0.438. The standard InChI is InChI=1S/C14H11N3OS/c1-2-5-11(6-3-1)13-10-19-14(16-13)17-15-9-12-7-4-8-18-12/h1-8,10H,9H2. The molecule has 0 unspecified atom stereocenters. The van der Waals surface area contributed by atoms with Gasteiger partial charge in [0.15, 0.2) is 0 Å². The summed E-state index contributed by atoms with van der Waals surface area (Å²) >= 11 is 1.48. The highest BCUT2D eigenvalue weighted by molar-refractivity contribution is 7.13. The van der Waals surface area contributed by atoms with Crippen LogP contribution in [0.3, 0.4) is 0 Å². The summed E-state index contributed by atoms with van der Waals surface area (Å²) in [5.74, 6) is 0.795. The monoisotopic (exact) mass is 269 g/mol. The first-order valence-corrected chi connectivity index (χ1v) is 6.70. The Labute approximate surface area is 114 Å². The third-order valence-electron chi connectivity index (χ3n) is 2.52. The van der Waals surface area contributed by atoms with E-state index in [-0.39, 0.29) is 0 Å².